The summed E-state index contributed by atoms with van der Waals surface area (Å²) in [5.74, 6) is 0.557. The van der Waals surface area contributed by atoms with Gasteiger partial charge >= 0.3 is 5.97 Å². The summed E-state index contributed by atoms with van der Waals surface area (Å²) in [6, 6.07) is 5.53. The molecule has 1 saturated carbocycles. The number of carboxylic acids is 1. The molecular formula is C18H21N3O2. The van der Waals surface area contributed by atoms with E-state index in [2.05, 4.69) is 4.98 Å². The Morgan fingerprint density at radius 2 is 2.09 bits per heavy atom. The van der Waals surface area contributed by atoms with Crippen LogP contribution in [-0.4, -0.2) is 20.6 Å². The molecule has 0 aliphatic heterocycles. The Balaban J connectivity index is 1.97. The third-order valence-corrected chi connectivity index (χ3v) is 4.37. The average Bonchev–Trinajstić information content (AvgIpc) is 3.04. The highest BCUT2D eigenvalue weighted by atomic mass is 16.4. The lowest BCUT2D eigenvalue weighted by atomic mass is 9.88. The molecule has 3 N–H and O–H groups in total. The minimum atomic E-state index is -0.964. The number of aromatic nitrogens is 2. The number of nitrogen functional groups attached to an aromatic ring is 1. The van der Waals surface area contributed by atoms with Gasteiger partial charge in [-0.25, -0.2) is 9.78 Å². The van der Waals surface area contributed by atoms with Crippen molar-refractivity contribution in [1.29, 1.82) is 0 Å². The maximum atomic E-state index is 10.7. The molecule has 0 saturated heterocycles. The van der Waals surface area contributed by atoms with E-state index in [4.69, 9.17) is 10.8 Å². The Bertz CT molecular complexity index is 728. The van der Waals surface area contributed by atoms with Crippen molar-refractivity contribution in [3.63, 3.8) is 0 Å². The van der Waals surface area contributed by atoms with Crippen LogP contribution in [0.5, 0.6) is 0 Å². The molecule has 0 atom stereocenters. The van der Waals surface area contributed by atoms with Gasteiger partial charge in [-0.3, -0.25) is 0 Å². The molecule has 0 unspecified atom stereocenters. The Morgan fingerprint density at radius 3 is 2.83 bits per heavy atom. The number of benzene rings is 1. The number of nitrogens with two attached hydrogens (primary N) is 1. The summed E-state index contributed by atoms with van der Waals surface area (Å²) < 4.78 is 2.05. The molecule has 1 aliphatic rings. The molecule has 5 heteroatoms. The number of hydrogen-bond donors (Lipinski definition) is 2. The van der Waals surface area contributed by atoms with Gasteiger partial charge in [0.2, 0.25) is 0 Å². The standard InChI is InChI=1S/C18H21N3O2/c19-15-8-6-13(7-9-17(22)23)12-16(15)21-11-10-20-18(21)14-4-2-1-3-5-14/h6-12,14H,1-5,19H2,(H,22,23). The number of aliphatic carboxylic acids is 1. The van der Waals surface area contributed by atoms with Crippen molar-refractivity contribution in [2.45, 2.75) is 38.0 Å². The van der Waals surface area contributed by atoms with Crippen LogP contribution >= 0.6 is 0 Å². The van der Waals surface area contributed by atoms with E-state index in [1.165, 1.54) is 19.3 Å². The normalized spacial score (nSPS) is 16.0. The first kappa shape index (κ1) is 15.3. The Labute approximate surface area is 135 Å². The molecule has 5 nitrogen and oxygen atoms in total. The molecule has 1 aliphatic carbocycles. The molecule has 0 radical (unpaired) electrons. The van der Waals surface area contributed by atoms with Crippen LogP contribution in [0.4, 0.5) is 5.69 Å². The molecule has 1 aromatic carbocycles. The number of hydrogen-bond acceptors (Lipinski definition) is 3. The second-order valence-electron chi connectivity index (χ2n) is 5.98. The van der Waals surface area contributed by atoms with Gasteiger partial charge in [-0.05, 0) is 36.6 Å². The molecule has 0 amide bonds. The van der Waals surface area contributed by atoms with Gasteiger partial charge in [-0.1, -0.05) is 25.3 Å². The van der Waals surface area contributed by atoms with E-state index in [1.807, 2.05) is 35.2 Å². The second kappa shape index (κ2) is 6.69. The van der Waals surface area contributed by atoms with E-state index in [9.17, 15) is 4.79 Å². The zero-order chi connectivity index (χ0) is 16.2. The number of carboxylic acid groups (broad SMARTS) is 1. The first-order chi connectivity index (χ1) is 11.1. The maximum absolute atomic E-state index is 10.7. The molecule has 2 aromatic rings. The number of imidazole rings is 1. The first-order valence-corrected chi connectivity index (χ1v) is 7.99. The fraction of sp³-hybridized carbons (Fsp3) is 0.333. The van der Waals surface area contributed by atoms with Crippen LogP contribution in [0, 0.1) is 0 Å². The third-order valence-electron chi connectivity index (χ3n) is 4.37. The van der Waals surface area contributed by atoms with Gasteiger partial charge in [0.15, 0.2) is 0 Å². The molecular weight excluding hydrogens is 290 g/mol. The molecule has 3 rings (SSSR count). The zero-order valence-corrected chi connectivity index (χ0v) is 13.0. The van der Waals surface area contributed by atoms with E-state index in [1.54, 1.807) is 6.08 Å². The minimum absolute atomic E-state index is 0.469. The third kappa shape index (κ3) is 3.44. The highest BCUT2D eigenvalue weighted by molar-refractivity contribution is 5.85. The lowest BCUT2D eigenvalue weighted by Crippen LogP contribution is -2.12. The summed E-state index contributed by atoms with van der Waals surface area (Å²) in [5, 5.41) is 8.77. The highest BCUT2D eigenvalue weighted by Crippen LogP contribution is 2.33. The van der Waals surface area contributed by atoms with Crippen molar-refractivity contribution < 1.29 is 9.90 Å². The number of carbonyl (C=O) groups is 1. The summed E-state index contributed by atoms with van der Waals surface area (Å²) in [6.45, 7) is 0. The molecule has 23 heavy (non-hydrogen) atoms. The highest BCUT2D eigenvalue weighted by Gasteiger charge is 2.21. The van der Waals surface area contributed by atoms with Crippen molar-refractivity contribution >= 4 is 17.7 Å². The van der Waals surface area contributed by atoms with Gasteiger partial charge in [0.1, 0.15) is 5.82 Å². The number of nitrogens with zero attached hydrogens (tertiary/aromatic N) is 2. The number of rotatable bonds is 4. The Hall–Kier alpha value is -2.56. The molecule has 1 fully saturated rings. The quantitative estimate of drug-likeness (QED) is 0.667. The topological polar surface area (TPSA) is 81.1 Å². The molecule has 1 aromatic heterocycles. The second-order valence-corrected chi connectivity index (χ2v) is 5.98. The summed E-state index contributed by atoms with van der Waals surface area (Å²) >= 11 is 0. The lowest BCUT2D eigenvalue weighted by Gasteiger charge is -2.22. The predicted molar refractivity (Wildman–Crippen MR) is 90.5 cm³/mol. The largest absolute Gasteiger partial charge is 0.478 e. The molecule has 1 heterocycles. The van der Waals surface area contributed by atoms with Crippen LogP contribution < -0.4 is 5.73 Å². The van der Waals surface area contributed by atoms with E-state index in [-0.39, 0.29) is 0 Å². The smallest absolute Gasteiger partial charge is 0.328 e. The summed E-state index contributed by atoms with van der Waals surface area (Å²) in [6.07, 6.45) is 12.6. The van der Waals surface area contributed by atoms with Crippen molar-refractivity contribution in [3.05, 3.63) is 48.1 Å². The predicted octanol–water partition coefficient (Wildman–Crippen LogP) is 3.60. The summed E-state index contributed by atoms with van der Waals surface area (Å²) in [4.78, 5) is 15.2. The maximum Gasteiger partial charge on any atom is 0.328 e. The SMILES string of the molecule is Nc1ccc(C=CC(=O)O)cc1-n1ccnc1C1CCCCC1. The van der Waals surface area contributed by atoms with Crippen molar-refractivity contribution in [2.24, 2.45) is 0 Å². The fourth-order valence-electron chi connectivity index (χ4n) is 3.22. The van der Waals surface area contributed by atoms with Crippen LogP contribution in [0.1, 0.15) is 49.4 Å². The summed E-state index contributed by atoms with van der Waals surface area (Å²) in [7, 11) is 0. The monoisotopic (exact) mass is 311 g/mol. The van der Waals surface area contributed by atoms with Crippen molar-refractivity contribution in [1.82, 2.24) is 9.55 Å². The minimum Gasteiger partial charge on any atom is -0.478 e. The first-order valence-electron chi connectivity index (χ1n) is 7.99. The van der Waals surface area contributed by atoms with E-state index in [0.29, 0.717) is 11.6 Å². The summed E-state index contributed by atoms with van der Waals surface area (Å²) in [5.41, 5.74) is 8.47. The van der Waals surface area contributed by atoms with Gasteiger partial charge in [0.05, 0.1) is 11.4 Å². The molecule has 0 bridgehead atoms. The van der Waals surface area contributed by atoms with Crippen LogP contribution in [0.3, 0.4) is 0 Å². The van der Waals surface area contributed by atoms with Crippen LogP contribution in [0.2, 0.25) is 0 Å². The Kier molecular flexibility index (Phi) is 4.46. The molecule has 0 spiro atoms. The van der Waals surface area contributed by atoms with Gasteiger partial charge < -0.3 is 15.4 Å². The van der Waals surface area contributed by atoms with Gasteiger partial charge in [0.25, 0.3) is 0 Å². The van der Waals surface area contributed by atoms with Crippen molar-refractivity contribution in [2.75, 3.05) is 5.73 Å². The van der Waals surface area contributed by atoms with Gasteiger partial charge in [-0.15, -0.1) is 0 Å². The van der Waals surface area contributed by atoms with E-state index >= 15 is 0 Å². The Morgan fingerprint density at radius 1 is 1.30 bits per heavy atom. The average molecular weight is 311 g/mol. The van der Waals surface area contributed by atoms with Gasteiger partial charge in [-0.2, -0.15) is 0 Å². The van der Waals surface area contributed by atoms with Crippen LogP contribution in [-0.2, 0) is 4.79 Å². The van der Waals surface area contributed by atoms with Crippen molar-refractivity contribution in [3.8, 4) is 5.69 Å². The number of anilines is 1. The lowest BCUT2D eigenvalue weighted by molar-refractivity contribution is -0.131. The molecule has 120 valence electrons. The fourth-order valence-corrected chi connectivity index (χ4v) is 3.22. The van der Waals surface area contributed by atoms with Crippen LogP contribution in [0.15, 0.2) is 36.7 Å². The van der Waals surface area contributed by atoms with E-state index < -0.39 is 5.97 Å². The van der Waals surface area contributed by atoms with E-state index in [0.717, 1.165) is 36.0 Å². The van der Waals surface area contributed by atoms with Crippen LogP contribution in [0.25, 0.3) is 11.8 Å². The zero-order valence-electron chi connectivity index (χ0n) is 13.0. The van der Waals surface area contributed by atoms with Gasteiger partial charge in [0, 0.05) is 24.4 Å².